The molecule has 1 aromatic carbocycles. The van der Waals surface area contributed by atoms with Crippen molar-refractivity contribution in [2.75, 3.05) is 0 Å². The van der Waals surface area contributed by atoms with Crippen molar-refractivity contribution in [3.8, 4) is 11.4 Å². The number of halogens is 4. The summed E-state index contributed by atoms with van der Waals surface area (Å²) in [7, 11) is 1.53. The third kappa shape index (κ3) is 3.68. The first-order valence-electron chi connectivity index (χ1n) is 8.54. The number of hydrogen-bond donors (Lipinski definition) is 1. The monoisotopic (exact) mass is 421 g/mol. The first-order valence-corrected chi connectivity index (χ1v) is 8.91. The topological polar surface area (TPSA) is 87.4 Å². The molecule has 0 fully saturated rings. The zero-order chi connectivity index (χ0) is 20.8. The molecule has 3 heterocycles. The standard InChI is InChI=1S/C18H15ClF3N7/c1-28-9-13(18(20,21)22)26-15(28)11-4-2-10(3-5-11)8-29-14(6-23)25-12-7-24-17(19)27-16(12)29/h2-5,7,9H,6,8,23H2,1H3. The van der Waals surface area contributed by atoms with Gasteiger partial charge in [0, 0.05) is 18.8 Å². The van der Waals surface area contributed by atoms with Crippen LogP contribution in [0.1, 0.15) is 17.1 Å². The lowest BCUT2D eigenvalue weighted by Gasteiger charge is -2.09. The molecular weight excluding hydrogens is 407 g/mol. The quantitative estimate of drug-likeness (QED) is 0.510. The largest absolute Gasteiger partial charge is 0.434 e. The van der Waals surface area contributed by atoms with Gasteiger partial charge in [-0.1, -0.05) is 24.3 Å². The lowest BCUT2D eigenvalue weighted by molar-refractivity contribution is -0.140. The molecule has 2 N–H and O–H groups in total. The number of nitrogens with zero attached hydrogens (tertiary/aromatic N) is 6. The molecule has 0 aliphatic heterocycles. The van der Waals surface area contributed by atoms with Crippen molar-refractivity contribution in [1.29, 1.82) is 0 Å². The molecule has 0 saturated carbocycles. The maximum Gasteiger partial charge on any atom is 0.434 e. The average molecular weight is 422 g/mol. The van der Waals surface area contributed by atoms with E-state index in [2.05, 4.69) is 19.9 Å². The van der Waals surface area contributed by atoms with Crippen molar-refractivity contribution in [2.45, 2.75) is 19.3 Å². The second-order valence-electron chi connectivity index (χ2n) is 6.42. The van der Waals surface area contributed by atoms with Gasteiger partial charge in [-0.3, -0.25) is 0 Å². The van der Waals surface area contributed by atoms with E-state index in [0.717, 1.165) is 11.8 Å². The van der Waals surface area contributed by atoms with Gasteiger partial charge in [-0.25, -0.2) is 15.0 Å². The van der Waals surface area contributed by atoms with Crippen LogP contribution in [0.15, 0.2) is 36.7 Å². The molecule has 29 heavy (non-hydrogen) atoms. The fourth-order valence-corrected chi connectivity index (χ4v) is 3.21. The van der Waals surface area contributed by atoms with Crippen LogP contribution in [0.5, 0.6) is 0 Å². The summed E-state index contributed by atoms with van der Waals surface area (Å²) in [5, 5.41) is 0.104. The fraction of sp³-hybridized carbons (Fsp3) is 0.222. The van der Waals surface area contributed by atoms with Gasteiger partial charge in [0.15, 0.2) is 11.3 Å². The van der Waals surface area contributed by atoms with Crippen LogP contribution >= 0.6 is 11.6 Å². The number of hydrogen-bond acceptors (Lipinski definition) is 5. The molecule has 0 bridgehead atoms. The van der Waals surface area contributed by atoms with Crippen molar-refractivity contribution >= 4 is 22.8 Å². The molecule has 3 aromatic heterocycles. The van der Waals surface area contributed by atoms with Gasteiger partial charge < -0.3 is 14.9 Å². The van der Waals surface area contributed by atoms with Crippen LogP contribution in [0, 0.1) is 0 Å². The second-order valence-corrected chi connectivity index (χ2v) is 6.76. The highest BCUT2D eigenvalue weighted by Crippen LogP contribution is 2.30. The van der Waals surface area contributed by atoms with Crippen LogP contribution in [0.25, 0.3) is 22.6 Å². The second kappa shape index (κ2) is 7.12. The van der Waals surface area contributed by atoms with Gasteiger partial charge in [0.05, 0.1) is 19.3 Å². The van der Waals surface area contributed by atoms with Crippen molar-refractivity contribution in [3.05, 3.63) is 59.0 Å². The summed E-state index contributed by atoms with van der Waals surface area (Å²) in [6.45, 7) is 0.630. The minimum absolute atomic E-state index is 0.104. The Hall–Kier alpha value is -2.98. The van der Waals surface area contributed by atoms with E-state index in [0.29, 0.717) is 29.1 Å². The summed E-state index contributed by atoms with van der Waals surface area (Å²) in [4.78, 5) is 16.3. The van der Waals surface area contributed by atoms with Crippen molar-refractivity contribution in [1.82, 2.24) is 29.1 Å². The summed E-state index contributed by atoms with van der Waals surface area (Å²) in [5.41, 5.74) is 7.48. The molecule has 0 spiro atoms. The Labute approximate surface area is 168 Å². The molecule has 0 atom stereocenters. The SMILES string of the molecule is Cn1cc(C(F)(F)F)nc1-c1ccc(Cn2c(CN)nc3cnc(Cl)nc32)cc1. The van der Waals surface area contributed by atoms with E-state index in [1.54, 1.807) is 12.1 Å². The zero-order valence-corrected chi connectivity index (χ0v) is 15.9. The minimum Gasteiger partial charge on any atom is -0.333 e. The highest BCUT2D eigenvalue weighted by molar-refractivity contribution is 6.28. The van der Waals surface area contributed by atoms with Crippen LogP contribution < -0.4 is 5.73 Å². The summed E-state index contributed by atoms with van der Waals surface area (Å²) < 4.78 is 41.8. The van der Waals surface area contributed by atoms with Gasteiger partial charge in [0.1, 0.15) is 17.2 Å². The Balaban J connectivity index is 1.65. The van der Waals surface area contributed by atoms with Crippen LogP contribution in [0.3, 0.4) is 0 Å². The van der Waals surface area contributed by atoms with E-state index < -0.39 is 11.9 Å². The Bertz CT molecular complexity index is 1180. The number of aromatic nitrogens is 6. The van der Waals surface area contributed by atoms with Gasteiger partial charge in [-0.15, -0.1) is 0 Å². The highest BCUT2D eigenvalue weighted by Gasteiger charge is 2.34. The average Bonchev–Trinajstić information content (AvgIpc) is 3.23. The first-order chi connectivity index (χ1) is 13.8. The van der Waals surface area contributed by atoms with Gasteiger partial charge in [-0.2, -0.15) is 18.2 Å². The molecule has 7 nitrogen and oxygen atoms in total. The number of imidazole rings is 2. The predicted molar refractivity (Wildman–Crippen MR) is 101 cm³/mol. The van der Waals surface area contributed by atoms with Gasteiger partial charge >= 0.3 is 6.18 Å². The number of nitrogens with two attached hydrogens (primary N) is 1. The Morgan fingerprint density at radius 3 is 2.45 bits per heavy atom. The number of benzene rings is 1. The van der Waals surface area contributed by atoms with E-state index in [9.17, 15) is 13.2 Å². The molecule has 0 unspecified atom stereocenters. The van der Waals surface area contributed by atoms with Crippen LogP contribution in [0.4, 0.5) is 13.2 Å². The van der Waals surface area contributed by atoms with E-state index >= 15 is 0 Å². The molecule has 4 rings (SSSR count). The normalized spacial score (nSPS) is 12.1. The maximum absolute atomic E-state index is 12.9. The zero-order valence-electron chi connectivity index (χ0n) is 15.2. The van der Waals surface area contributed by atoms with Crippen LogP contribution in [0.2, 0.25) is 5.28 Å². The molecule has 0 aliphatic carbocycles. The fourth-order valence-electron chi connectivity index (χ4n) is 3.08. The third-order valence-corrected chi connectivity index (χ3v) is 4.62. The van der Waals surface area contributed by atoms with Crippen molar-refractivity contribution in [2.24, 2.45) is 12.8 Å². The number of fused-ring (bicyclic) bond motifs is 1. The molecule has 0 amide bonds. The van der Waals surface area contributed by atoms with Gasteiger partial charge in [0.25, 0.3) is 0 Å². The summed E-state index contributed by atoms with van der Waals surface area (Å²) in [6.07, 6.45) is -1.99. The lowest BCUT2D eigenvalue weighted by atomic mass is 10.1. The highest BCUT2D eigenvalue weighted by atomic mass is 35.5. The van der Waals surface area contributed by atoms with E-state index in [1.165, 1.54) is 17.8 Å². The molecule has 4 aromatic rings. The molecule has 0 radical (unpaired) electrons. The number of alkyl halides is 3. The third-order valence-electron chi connectivity index (χ3n) is 4.44. The molecule has 150 valence electrons. The summed E-state index contributed by atoms with van der Waals surface area (Å²) in [5.74, 6) is 0.860. The first kappa shape index (κ1) is 19.3. The van der Waals surface area contributed by atoms with Crippen LogP contribution in [-0.4, -0.2) is 29.1 Å². The van der Waals surface area contributed by atoms with Gasteiger partial charge in [-0.05, 0) is 17.2 Å². The van der Waals surface area contributed by atoms with E-state index in [1.807, 2.05) is 16.7 Å². The smallest absolute Gasteiger partial charge is 0.333 e. The molecule has 0 saturated heterocycles. The Kier molecular flexibility index (Phi) is 4.75. The Morgan fingerprint density at radius 1 is 1.10 bits per heavy atom. The number of aryl methyl sites for hydroxylation is 1. The summed E-state index contributed by atoms with van der Waals surface area (Å²) >= 11 is 5.90. The minimum atomic E-state index is -4.49. The lowest BCUT2D eigenvalue weighted by Crippen LogP contribution is -2.10. The molecule has 11 heteroatoms. The van der Waals surface area contributed by atoms with Crippen molar-refractivity contribution < 1.29 is 13.2 Å². The maximum atomic E-state index is 12.9. The Morgan fingerprint density at radius 2 is 1.83 bits per heavy atom. The predicted octanol–water partition coefficient (Wildman–Crippen LogP) is 3.41. The van der Waals surface area contributed by atoms with E-state index in [-0.39, 0.29) is 17.7 Å². The molecule has 0 aliphatic rings. The van der Waals surface area contributed by atoms with Gasteiger partial charge in [0.2, 0.25) is 5.28 Å². The summed E-state index contributed by atoms with van der Waals surface area (Å²) in [6, 6.07) is 7.07. The van der Waals surface area contributed by atoms with Crippen LogP contribution in [-0.2, 0) is 26.3 Å². The number of rotatable bonds is 4. The molecular formula is C18H15ClF3N7. The van der Waals surface area contributed by atoms with E-state index in [4.69, 9.17) is 17.3 Å². The van der Waals surface area contributed by atoms with Crippen molar-refractivity contribution in [3.63, 3.8) is 0 Å².